The zero-order valence-electron chi connectivity index (χ0n) is 18.8. The van der Waals surface area contributed by atoms with Gasteiger partial charge in [0.25, 0.3) is 0 Å². The Morgan fingerprint density at radius 3 is 2.77 bits per heavy atom. The highest BCUT2D eigenvalue weighted by Crippen LogP contribution is 2.29. The van der Waals surface area contributed by atoms with E-state index in [2.05, 4.69) is 42.6 Å². The van der Waals surface area contributed by atoms with E-state index in [1.165, 1.54) is 0 Å². The van der Waals surface area contributed by atoms with Gasteiger partial charge in [0.05, 0.1) is 18.8 Å². The molecule has 0 saturated carbocycles. The third kappa shape index (κ3) is 4.74. The monoisotopic (exact) mass is 424 g/mol. The molecule has 1 aliphatic rings. The SMILES string of the molecule is CCOc1ccccc1[C@H](C)Nc1nc(OC2CCCNC2)nc2c(C(C)C)cnn12. The summed E-state index contributed by atoms with van der Waals surface area (Å²) < 4.78 is 13.7. The number of piperidine rings is 1. The molecule has 166 valence electrons. The van der Waals surface area contributed by atoms with E-state index >= 15 is 0 Å². The minimum absolute atomic E-state index is 0.0447. The Bertz CT molecular complexity index is 1010. The van der Waals surface area contributed by atoms with E-state index in [1.54, 1.807) is 4.52 Å². The van der Waals surface area contributed by atoms with Crippen molar-refractivity contribution in [3.63, 3.8) is 0 Å². The standard InChI is InChI=1S/C23H32N6O2/c1-5-30-20-11-7-6-10-18(20)16(4)26-22-28-23(31-17-9-8-12-24-13-17)27-21-19(15(2)3)14-25-29(21)22/h6-7,10-11,14-17,24H,5,8-9,12-13H2,1-4H3,(H,26,27,28)/t16-,17?/m0/s1. The van der Waals surface area contributed by atoms with Crippen molar-refractivity contribution in [2.24, 2.45) is 0 Å². The second-order valence-corrected chi connectivity index (χ2v) is 8.24. The average molecular weight is 425 g/mol. The quantitative estimate of drug-likeness (QED) is 0.566. The van der Waals surface area contributed by atoms with E-state index in [-0.39, 0.29) is 12.1 Å². The topological polar surface area (TPSA) is 85.6 Å². The fourth-order valence-electron chi connectivity index (χ4n) is 3.89. The molecule has 1 saturated heterocycles. The van der Waals surface area contributed by atoms with Crippen molar-refractivity contribution in [1.82, 2.24) is 24.9 Å². The Morgan fingerprint density at radius 1 is 1.19 bits per heavy atom. The van der Waals surface area contributed by atoms with Crippen LogP contribution in [0.4, 0.5) is 5.95 Å². The number of nitrogens with one attached hydrogen (secondary N) is 2. The molecule has 8 heteroatoms. The lowest BCUT2D eigenvalue weighted by Crippen LogP contribution is -2.37. The lowest BCUT2D eigenvalue weighted by Gasteiger charge is -2.23. The lowest BCUT2D eigenvalue weighted by molar-refractivity contribution is 0.153. The van der Waals surface area contributed by atoms with E-state index in [4.69, 9.17) is 19.4 Å². The predicted molar refractivity (Wildman–Crippen MR) is 121 cm³/mol. The molecule has 1 aliphatic heterocycles. The molecule has 2 atom stereocenters. The van der Waals surface area contributed by atoms with Crippen molar-refractivity contribution in [3.05, 3.63) is 41.6 Å². The second-order valence-electron chi connectivity index (χ2n) is 8.24. The van der Waals surface area contributed by atoms with Crippen LogP contribution in [-0.4, -0.2) is 45.4 Å². The van der Waals surface area contributed by atoms with Crippen molar-refractivity contribution >= 4 is 11.6 Å². The van der Waals surface area contributed by atoms with Crippen LogP contribution < -0.4 is 20.1 Å². The van der Waals surface area contributed by atoms with E-state index in [9.17, 15) is 0 Å². The van der Waals surface area contributed by atoms with Crippen molar-refractivity contribution in [1.29, 1.82) is 0 Å². The summed E-state index contributed by atoms with van der Waals surface area (Å²) in [6.07, 6.45) is 4.03. The smallest absolute Gasteiger partial charge is 0.322 e. The van der Waals surface area contributed by atoms with Gasteiger partial charge in [0, 0.05) is 17.7 Å². The number of benzene rings is 1. The van der Waals surface area contributed by atoms with Crippen LogP contribution in [0.15, 0.2) is 30.5 Å². The molecule has 0 bridgehead atoms. The summed E-state index contributed by atoms with van der Waals surface area (Å²) in [5, 5.41) is 11.4. The van der Waals surface area contributed by atoms with Gasteiger partial charge in [-0.05, 0) is 45.2 Å². The van der Waals surface area contributed by atoms with Crippen LogP contribution in [0.1, 0.15) is 63.6 Å². The Kier molecular flexibility index (Phi) is 6.56. The van der Waals surface area contributed by atoms with Crippen molar-refractivity contribution in [2.75, 3.05) is 25.0 Å². The first kappa shape index (κ1) is 21.4. The largest absolute Gasteiger partial charge is 0.494 e. The van der Waals surface area contributed by atoms with E-state index in [0.717, 1.165) is 48.5 Å². The Morgan fingerprint density at radius 2 is 2.03 bits per heavy atom. The summed E-state index contributed by atoms with van der Waals surface area (Å²) >= 11 is 0. The average Bonchev–Trinajstić information content (AvgIpc) is 3.20. The molecule has 1 unspecified atom stereocenters. The molecular weight excluding hydrogens is 392 g/mol. The molecule has 1 fully saturated rings. The molecule has 2 N–H and O–H groups in total. The normalized spacial score (nSPS) is 17.6. The molecule has 1 aromatic carbocycles. The maximum absolute atomic E-state index is 6.17. The zero-order valence-corrected chi connectivity index (χ0v) is 18.8. The number of nitrogens with zero attached hydrogens (tertiary/aromatic N) is 4. The molecule has 3 aromatic rings. The number of hydrogen-bond acceptors (Lipinski definition) is 7. The Balaban J connectivity index is 1.68. The number of fused-ring (bicyclic) bond motifs is 1. The number of hydrogen-bond donors (Lipinski definition) is 2. The fourth-order valence-corrected chi connectivity index (χ4v) is 3.89. The van der Waals surface area contributed by atoms with Gasteiger partial charge in [0.2, 0.25) is 5.95 Å². The highest BCUT2D eigenvalue weighted by Gasteiger charge is 2.21. The van der Waals surface area contributed by atoms with Crippen LogP contribution >= 0.6 is 0 Å². The van der Waals surface area contributed by atoms with Gasteiger partial charge in [-0.15, -0.1) is 0 Å². The maximum Gasteiger partial charge on any atom is 0.322 e. The molecular formula is C23H32N6O2. The number of para-hydroxylation sites is 1. The van der Waals surface area contributed by atoms with Crippen LogP contribution in [0, 0.1) is 0 Å². The van der Waals surface area contributed by atoms with Gasteiger partial charge in [0.1, 0.15) is 11.9 Å². The highest BCUT2D eigenvalue weighted by atomic mass is 16.5. The van der Waals surface area contributed by atoms with Gasteiger partial charge in [-0.2, -0.15) is 19.6 Å². The Hall–Kier alpha value is -2.87. The summed E-state index contributed by atoms with van der Waals surface area (Å²) in [7, 11) is 0. The van der Waals surface area contributed by atoms with Gasteiger partial charge in [-0.3, -0.25) is 0 Å². The van der Waals surface area contributed by atoms with Crippen LogP contribution in [-0.2, 0) is 0 Å². The number of anilines is 1. The third-order valence-electron chi connectivity index (χ3n) is 5.55. The molecule has 0 amide bonds. The van der Waals surface area contributed by atoms with Crippen LogP contribution in [0.2, 0.25) is 0 Å². The first-order valence-electron chi connectivity index (χ1n) is 11.2. The fraction of sp³-hybridized carbons (Fsp3) is 0.522. The summed E-state index contributed by atoms with van der Waals surface area (Å²) in [5.41, 5.74) is 2.90. The molecule has 0 radical (unpaired) electrons. The number of ether oxygens (including phenoxy) is 2. The molecule has 8 nitrogen and oxygen atoms in total. The second kappa shape index (κ2) is 9.51. The summed E-state index contributed by atoms with van der Waals surface area (Å²) in [6.45, 7) is 10.8. The summed E-state index contributed by atoms with van der Waals surface area (Å²) in [4.78, 5) is 9.41. The van der Waals surface area contributed by atoms with Crippen molar-refractivity contribution < 1.29 is 9.47 Å². The Labute approximate surface area is 183 Å². The highest BCUT2D eigenvalue weighted by molar-refractivity contribution is 5.53. The minimum Gasteiger partial charge on any atom is -0.494 e. The van der Waals surface area contributed by atoms with Gasteiger partial charge in [-0.25, -0.2) is 0 Å². The summed E-state index contributed by atoms with van der Waals surface area (Å²) in [5.74, 6) is 1.76. The summed E-state index contributed by atoms with van der Waals surface area (Å²) in [6, 6.07) is 8.39. The van der Waals surface area contributed by atoms with Gasteiger partial charge >= 0.3 is 6.01 Å². The van der Waals surface area contributed by atoms with Crippen molar-refractivity contribution in [2.45, 2.75) is 58.6 Å². The molecule has 2 aromatic heterocycles. The van der Waals surface area contributed by atoms with Crippen LogP contribution in [0.3, 0.4) is 0 Å². The lowest BCUT2D eigenvalue weighted by atomic mass is 10.1. The van der Waals surface area contributed by atoms with Gasteiger partial charge in [0.15, 0.2) is 5.65 Å². The molecule has 3 heterocycles. The van der Waals surface area contributed by atoms with Gasteiger partial charge < -0.3 is 20.1 Å². The minimum atomic E-state index is -0.0447. The van der Waals surface area contributed by atoms with E-state index < -0.39 is 0 Å². The van der Waals surface area contributed by atoms with Crippen LogP contribution in [0.5, 0.6) is 11.8 Å². The van der Waals surface area contributed by atoms with Crippen molar-refractivity contribution in [3.8, 4) is 11.8 Å². The predicted octanol–water partition coefficient (Wildman–Crippen LogP) is 3.95. The number of aromatic nitrogens is 4. The van der Waals surface area contributed by atoms with E-state index in [0.29, 0.717) is 24.5 Å². The van der Waals surface area contributed by atoms with Crippen LogP contribution in [0.25, 0.3) is 5.65 Å². The molecule has 0 spiro atoms. The molecule has 0 aliphatic carbocycles. The molecule has 31 heavy (non-hydrogen) atoms. The maximum atomic E-state index is 6.17. The van der Waals surface area contributed by atoms with E-state index in [1.807, 2.05) is 31.3 Å². The third-order valence-corrected chi connectivity index (χ3v) is 5.55. The first-order chi connectivity index (χ1) is 15.1. The first-order valence-corrected chi connectivity index (χ1v) is 11.2. The number of rotatable bonds is 8. The van der Waals surface area contributed by atoms with Gasteiger partial charge in [-0.1, -0.05) is 32.0 Å². The molecule has 4 rings (SSSR count). The zero-order chi connectivity index (χ0) is 21.8.